The van der Waals surface area contributed by atoms with E-state index < -0.39 is 22.0 Å². The summed E-state index contributed by atoms with van der Waals surface area (Å²) in [5.74, 6) is -0.670. The number of hydrazine groups is 2. The van der Waals surface area contributed by atoms with E-state index in [9.17, 15) is 18.0 Å². The van der Waals surface area contributed by atoms with Gasteiger partial charge in [-0.2, -0.15) is 5.53 Å². The Morgan fingerprint density at radius 3 is 2.24 bits per heavy atom. The third-order valence-electron chi connectivity index (χ3n) is 7.17. The number of sulfonamides is 1. The molecule has 1 unspecified atom stereocenters. The first-order valence-electron chi connectivity index (χ1n) is 13.6. The Kier molecular flexibility index (Phi) is 9.30. The lowest BCUT2D eigenvalue weighted by Gasteiger charge is -2.29. The van der Waals surface area contributed by atoms with Crippen molar-refractivity contribution in [3.05, 3.63) is 47.0 Å². The molecule has 0 saturated carbocycles. The highest BCUT2D eigenvalue weighted by Crippen LogP contribution is 2.39. The van der Waals surface area contributed by atoms with Gasteiger partial charge in [-0.05, 0) is 60.1 Å². The van der Waals surface area contributed by atoms with Crippen molar-refractivity contribution in [1.82, 2.24) is 16.3 Å². The summed E-state index contributed by atoms with van der Waals surface area (Å²) >= 11 is 0. The maximum absolute atomic E-state index is 13.5. The lowest BCUT2D eigenvalue weighted by Crippen LogP contribution is -2.51. The lowest BCUT2D eigenvalue weighted by atomic mass is 9.86. The number of benzene rings is 2. The van der Waals surface area contributed by atoms with E-state index in [1.807, 2.05) is 55.4 Å². The molecule has 2 aromatic carbocycles. The molecular formula is C29H43N7O5S. The fourth-order valence-electron chi connectivity index (χ4n) is 4.12. The topological polar surface area (TPSA) is 165 Å². The van der Waals surface area contributed by atoms with E-state index >= 15 is 0 Å². The molecule has 230 valence electrons. The van der Waals surface area contributed by atoms with Gasteiger partial charge in [0.05, 0.1) is 30.4 Å². The van der Waals surface area contributed by atoms with Crippen LogP contribution < -0.4 is 36.1 Å². The van der Waals surface area contributed by atoms with Gasteiger partial charge in [0.1, 0.15) is 5.84 Å². The van der Waals surface area contributed by atoms with E-state index in [4.69, 9.17) is 10.1 Å². The molecule has 6 N–H and O–H groups in total. The van der Waals surface area contributed by atoms with E-state index in [1.165, 1.54) is 12.1 Å². The second kappa shape index (κ2) is 11.9. The molecule has 2 aromatic rings. The molecule has 42 heavy (non-hydrogen) atoms. The lowest BCUT2D eigenvalue weighted by molar-refractivity contribution is -0.122. The first-order valence-corrected chi connectivity index (χ1v) is 15.4. The molecule has 0 aliphatic carbocycles. The van der Waals surface area contributed by atoms with Gasteiger partial charge in [0.25, 0.3) is 5.91 Å². The maximum Gasteiger partial charge on any atom is 0.255 e. The van der Waals surface area contributed by atoms with Crippen LogP contribution in [-0.2, 0) is 20.2 Å². The number of nitrogens with zero attached hydrogens (tertiary/aromatic N) is 1. The summed E-state index contributed by atoms with van der Waals surface area (Å²) in [6.07, 6.45) is 1.04. The average molecular weight is 602 g/mol. The van der Waals surface area contributed by atoms with Gasteiger partial charge in [-0.15, -0.1) is 0 Å². The Morgan fingerprint density at radius 1 is 1.07 bits per heavy atom. The molecular weight excluding hydrogens is 558 g/mol. The molecule has 1 aliphatic rings. The van der Waals surface area contributed by atoms with E-state index in [1.54, 1.807) is 30.3 Å². The van der Waals surface area contributed by atoms with Crippen molar-refractivity contribution in [3.8, 4) is 5.75 Å². The van der Waals surface area contributed by atoms with Crippen LogP contribution in [0, 0.1) is 17.7 Å². The van der Waals surface area contributed by atoms with Gasteiger partial charge >= 0.3 is 0 Å². The van der Waals surface area contributed by atoms with Gasteiger partial charge in [-0.3, -0.25) is 19.7 Å². The zero-order chi connectivity index (χ0) is 31.8. The largest absolute Gasteiger partial charge is 0.492 e. The molecule has 0 radical (unpaired) electrons. The summed E-state index contributed by atoms with van der Waals surface area (Å²) in [5, 5.41) is 15.9. The SMILES string of the molecule is COc1c(NC(=O)c2ccc(C)c(N3NNC(C(=O)N[C@@H](C)C(C)(C)C)C3=N)c2)cc(C(C)(C)C)cc1NS(C)(=O)=O. The molecule has 0 spiro atoms. The molecule has 1 fully saturated rings. The summed E-state index contributed by atoms with van der Waals surface area (Å²) in [5.41, 5.74) is 8.04. The average Bonchev–Trinajstić information content (AvgIpc) is 3.23. The maximum atomic E-state index is 13.5. The van der Waals surface area contributed by atoms with Gasteiger partial charge in [0, 0.05) is 11.6 Å². The number of hydrogen-bond donors (Lipinski definition) is 6. The molecule has 1 saturated heterocycles. The van der Waals surface area contributed by atoms with Gasteiger partial charge < -0.3 is 15.4 Å². The van der Waals surface area contributed by atoms with Gasteiger partial charge in [0.2, 0.25) is 15.9 Å². The predicted octanol–water partition coefficient (Wildman–Crippen LogP) is 3.65. The number of methoxy groups -OCH3 is 1. The molecule has 1 heterocycles. The Bertz CT molecular complexity index is 1490. The van der Waals surface area contributed by atoms with Crippen LogP contribution >= 0.6 is 0 Å². The third-order valence-corrected chi connectivity index (χ3v) is 7.76. The minimum absolute atomic E-state index is 0.0229. The smallest absolute Gasteiger partial charge is 0.255 e. The molecule has 13 heteroatoms. The second-order valence-electron chi connectivity index (χ2n) is 12.7. The van der Waals surface area contributed by atoms with E-state index in [-0.39, 0.29) is 45.6 Å². The normalized spacial score (nSPS) is 16.7. The Morgan fingerprint density at radius 2 is 1.69 bits per heavy atom. The first-order chi connectivity index (χ1) is 19.2. The molecule has 1 aliphatic heterocycles. The van der Waals surface area contributed by atoms with Gasteiger partial charge in [0.15, 0.2) is 11.8 Å². The van der Waals surface area contributed by atoms with Crippen LogP contribution in [0.15, 0.2) is 30.3 Å². The first kappa shape index (κ1) is 32.8. The number of amides is 2. The van der Waals surface area contributed by atoms with Crippen molar-refractivity contribution < 1.29 is 22.7 Å². The zero-order valence-electron chi connectivity index (χ0n) is 25.9. The highest BCUT2D eigenvalue weighted by atomic mass is 32.2. The number of aryl methyl sites for hydroxylation is 1. The summed E-state index contributed by atoms with van der Waals surface area (Å²) < 4.78 is 32.1. The minimum Gasteiger partial charge on any atom is -0.492 e. The van der Waals surface area contributed by atoms with Crippen molar-refractivity contribution in [2.45, 2.75) is 72.9 Å². The Balaban J connectivity index is 1.92. The second-order valence-corrected chi connectivity index (χ2v) is 14.4. The van der Waals surface area contributed by atoms with Crippen LogP contribution in [0.2, 0.25) is 0 Å². The highest BCUT2D eigenvalue weighted by Gasteiger charge is 2.37. The van der Waals surface area contributed by atoms with Crippen LogP contribution in [0.4, 0.5) is 17.1 Å². The molecule has 0 aromatic heterocycles. The number of ether oxygens (including phenoxy) is 1. The minimum atomic E-state index is -3.63. The molecule has 12 nitrogen and oxygen atoms in total. The van der Waals surface area contributed by atoms with Crippen LogP contribution in [0.25, 0.3) is 0 Å². The number of nitrogens with one attached hydrogen (secondary N) is 6. The number of amidine groups is 1. The van der Waals surface area contributed by atoms with Crippen LogP contribution in [0.5, 0.6) is 5.75 Å². The standard InChI is InChI=1S/C29H43N7O5S/c1-16-11-12-18(13-22(16)36-25(30)23(33-35-36)27(38)31-17(2)28(3,4)5)26(37)32-20-14-19(29(6,7)8)15-21(24(20)41-9)34-42(10,39)40/h11-15,17,23,30,33-35H,1-10H3,(H,31,38)(H,32,37)/t17-,23?/m0/s1. The number of anilines is 3. The quantitative estimate of drug-likeness (QED) is 0.267. The summed E-state index contributed by atoms with van der Waals surface area (Å²) in [7, 11) is -2.23. The summed E-state index contributed by atoms with van der Waals surface area (Å²) in [6, 6.07) is 7.39. The van der Waals surface area contributed by atoms with Crippen LogP contribution in [0.1, 0.15) is 70.0 Å². The third kappa shape index (κ3) is 7.58. The van der Waals surface area contributed by atoms with E-state index in [0.717, 1.165) is 17.4 Å². The molecule has 3 rings (SSSR count). The zero-order valence-corrected chi connectivity index (χ0v) is 26.8. The molecule has 2 atom stereocenters. The van der Waals surface area contributed by atoms with Crippen molar-refractivity contribution in [1.29, 1.82) is 5.41 Å². The van der Waals surface area contributed by atoms with E-state index in [0.29, 0.717) is 11.4 Å². The summed E-state index contributed by atoms with van der Waals surface area (Å²) in [4.78, 5) is 26.4. The van der Waals surface area contributed by atoms with Crippen molar-refractivity contribution in [2.75, 3.05) is 28.4 Å². The monoisotopic (exact) mass is 601 g/mol. The highest BCUT2D eigenvalue weighted by molar-refractivity contribution is 7.92. The summed E-state index contributed by atoms with van der Waals surface area (Å²) in [6.45, 7) is 15.7. The fourth-order valence-corrected chi connectivity index (χ4v) is 4.67. The van der Waals surface area contributed by atoms with Crippen LogP contribution in [-0.4, -0.2) is 51.5 Å². The Labute approximate surface area is 248 Å². The van der Waals surface area contributed by atoms with Gasteiger partial charge in [-0.25, -0.2) is 18.9 Å². The fraction of sp³-hybridized carbons (Fsp3) is 0.483. The molecule has 0 bridgehead atoms. The van der Waals surface area contributed by atoms with Crippen molar-refractivity contribution in [3.63, 3.8) is 0 Å². The number of rotatable bonds is 8. The van der Waals surface area contributed by atoms with Crippen LogP contribution in [0.3, 0.4) is 0 Å². The van der Waals surface area contributed by atoms with Crippen molar-refractivity contribution >= 4 is 44.7 Å². The van der Waals surface area contributed by atoms with Gasteiger partial charge in [-0.1, -0.05) is 47.6 Å². The van der Waals surface area contributed by atoms with Crippen molar-refractivity contribution in [2.24, 2.45) is 5.41 Å². The van der Waals surface area contributed by atoms with E-state index in [2.05, 4.69) is 26.3 Å². The Hall–Kier alpha value is -3.68. The predicted molar refractivity (Wildman–Crippen MR) is 167 cm³/mol. The molecule has 2 amide bonds. The number of hydrogen-bond acceptors (Lipinski definition) is 8. The number of carbonyl (C=O) groups is 2. The number of carbonyl (C=O) groups excluding carboxylic acids is 2.